The summed E-state index contributed by atoms with van der Waals surface area (Å²) in [5.74, 6) is -0.122. The van der Waals surface area contributed by atoms with Crippen LogP contribution in [-0.2, 0) is 12.6 Å². The maximum atomic E-state index is 13.1. The number of aryl methyl sites for hydroxylation is 1. The summed E-state index contributed by atoms with van der Waals surface area (Å²) in [7, 11) is 0. The molecule has 33 heavy (non-hydrogen) atoms. The molecule has 2 N–H and O–H groups in total. The first-order valence-corrected chi connectivity index (χ1v) is 11.2. The molecule has 1 atom stereocenters. The second-order valence-electron chi connectivity index (χ2n) is 8.15. The van der Waals surface area contributed by atoms with Crippen LogP contribution >= 0.6 is 23.2 Å². The minimum atomic E-state index is -4.37. The minimum Gasteiger partial charge on any atom is -0.361 e. The van der Waals surface area contributed by atoms with Crippen molar-refractivity contribution in [1.82, 2.24) is 9.97 Å². The number of fused-ring (bicyclic) bond motifs is 2. The van der Waals surface area contributed by atoms with E-state index in [2.05, 4.69) is 9.97 Å². The summed E-state index contributed by atoms with van der Waals surface area (Å²) in [6.45, 7) is 0. The molecule has 2 aromatic heterocycles. The van der Waals surface area contributed by atoms with Gasteiger partial charge in [-0.25, -0.2) is 0 Å². The van der Waals surface area contributed by atoms with Gasteiger partial charge in [0.15, 0.2) is 0 Å². The summed E-state index contributed by atoms with van der Waals surface area (Å²) < 4.78 is 39.4. The molecule has 0 radical (unpaired) electrons. The number of H-pyrrole nitrogens is 2. The molecule has 2 heterocycles. The molecular formula is C26H19Cl2F3N2. The van der Waals surface area contributed by atoms with Gasteiger partial charge < -0.3 is 9.97 Å². The number of nitrogens with one attached hydrogen (secondary N) is 2. The fourth-order valence-electron chi connectivity index (χ4n) is 4.47. The molecule has 5 aromatic rings. The van der Waals surface area contributed by atoms with Crippen molar-refractivity contribution >= 4 is 45.0 Å². The predicted molar refractivity (Wildman–Crippen MR) is 128 cm³/mol. The van der Waals surface area contributed by atoms with Crippen LogP contribution in [0, 0.1) is 0 Å². The summed E-state index contributed by atoms with van der Waals surface area (Å²) in [5, 5.41) is 3.29. The quantitative estimate of drug-likeness (QED) is 0.248. The molecule has 5 rings (SSSR count). The molecule has 0 saturated heterocycles. The first-order valence-electron chi connectivity index (χ1n) is 10.5. The zero-order chi connectivity index (χ0) is 23.2. The van der Waals surface area contributed by atoms with Gasteiger partial charge in [0.2, 0.25) is 0 Å². The van der Waals surface area contributed by atoms with Crippen molar-refractivity contribution in [2.75, 3.05) is 0 Å². The summed E-state index contributed by atoms with van der Waals surface area (Å²) in [6.07, 6.45) is 0.946. The molecule has 168 valence electrons. The Balaban J connectivity index is 1.54. The van der Waals surface area contributed by atoms with E-state index in [1.807, 2.05) is 48.8 Å². The van der Waals surface area contributed by atoms with Gasteiger partial charge in [-0.2, -0.15) is 13.2 Å². The topological polar surface area (TPSA) is 31.6 Å². The lowest BCUT2D eigenvalue weighted by molar-refractivity contribution is -0.137. The molecule has 1 unspecified atom stereocenters. The number of benzene rings is 3. The SMILES string of the molecule is FC(F)(F)c1ccc(C(CCc2c[nH]c3ccc(Cl)cc23)c2c[nH]c3ccc(Cl)cc23)cc1. The van der Waals surface area contributed by atoms with Gasteiger partial charge in [0.25, 0.3) is 0 Å². The minimum absolute atomic E-state index is 0.122. The Hall–Kier alpha value is -2.89. The highest BCUT2D eigenvalue weighted by Crippen LogP contribution is 2.38. The third-order valence-electron chi connectivity index (χ3n) is 6.12. The van der Waals surface area contributed by atoms with Crippen LogP contribution in [0.5, 0.6) is 0 Å². The molecule has 0 aliphatic rings. The predicted octanol–water partition coefficient (Wildman–Crippen LogP) is 8.74. The van der Waals surface area contributed by atoms with E-state index in [0.717, 1.165) is 57.0 Å². The number of alkyl halides is 3. The van der Waals surface area contributed by atoms with Crippen LogP contribution in [0.2, 0.25) is 10.0 Å². The van der Waals surface area contributed by atoms with Gasteiger partial charge in [-0.1, -0.05) is 35.3 Å². The van der Waals surface area contributed by atoms with Crippen molar-refractivity contribution in [3.8, 4) is 0 Å². The van der Waals surface area contributed by atoms with Gasteiger partial charge >= 0.3 is 6.18 Å². The Bertz CT molecular complexity index is 1430. The molecule has 0 spiro atoms. The second-order valence-corrected chi connectivity index (χ2v) is 9.02. The zero-order valence-corrected chi connectivity index (χ0v) is 18.8. The van der Waals surface area contributed by atoms with E-state index in [0.29, 0.717) is 16.5 Å². The molecule has 0 fully saturated rings. The number of hydrogen-bond acceptors (Lipinski definition) is 0. The summed E-state index contributed by atoms with van der Waals surface area (Å²) in [4.78, 5) is 6.54. The largest absolute Gasteiger partial charge is 0.416 e. The fourth-order valence-corrected chi connectivity index (χ4v) is 4.81. The molecule has 0 bridgehead atoms. The zero-order valence-electron chi connectivity index (χ0n) is 17.3. The third kappa shape index (κ3) is 4.35. The van der Waals surface area contributed by atoms with Gasteiger partial charge in [0.1, 0.15) is 0 Å². The Morgan fingerprint density at radius 3 is 2.03 bits per heavy atom. The van der Waals surface area contributed by atoms with Gasteiger partial charge in [-0.15, -0.1) is 0 Å². The van der Waals surface area contributed by atoms with Crippen LogP contribution < -0.4 is 0 Å². The van der Waals surface area contributed by atoms with Gasteiger partial charge in [-0.3, -0.25) is 0 Å². The second kappa shape index (κ2) is 8.47. The first-order chi connectivity index (χ1) is 15.8. The van der Waals surface area contributed by atoms with E-state index in [4.69, 9.17) is 23.2 Å². The number of aromatic nitrogens is 2. The van der Waals surface area contributed by atoms with Crippen molar-refractivity contribution in [3.05, 3.63) is 105 Å². The Morgan fingerprint density at radius 2 is 1.36 bits per heavy atom. The molecular weight excluding hydrogens is 468 g/mol. The molecule has 7 heteroatoms. The normalized spacial score (nSPS) is 13.1. The summed E-state index contributed by atoms with van der Waals surface area (Å²) in [5.41, 5.74) is 4.22. The maximum Gasteiger partial charge on any atom is 0.416 e. The average molecular weight is 487 g/mol. The maximum absolute atomic E-state index is 13.1. The summed E-state index contributed by atoms with van der Waals surface area (Å²) >= 11 is 12.4. The van der Waals surface area contributed by atoms with Crippen LogP contribution in [0.1, 0.15) is 34.6 Å². The van der Waals surface area contributed by atoms with Crippen LogP contribution in [0.25, 0.3) is 21.8 Å². The smallest absolute Gasteiger partial charge is 0.361 e. The van der Waals surface area contributed by atoms with Crippen LogP contribution in [0.15, 0.2) is 73.1 Å². The van der Waals surface area contributed by atoms with Crippen molar-refractivity contribution in [2.24, 2.45) is 0 Å². The highest BCUT2D eigenvalue weighted by molar-refractivity contribution is 6.31. The van der Waals surface area contributed by atoms with Crippen molar-refractivity contribution in [2.45, 2.75) is 24.9 Å². The van der Waals surface area contributed by atoms with E-state index >= 15 is 0 Å². The monoisotopic (exact) mass is 486 g/mol. The van der Waals surface area contributed by atoms with Gasteiger partial charge in [-0.05, 0) is 78.1 Å². The van der Waals surface area contributed by atoms with Crippen molar-refractivity contribution < 1.29 is 13.2 Å². The molecule has 3 aromatic carbocycles. The lowest BCUT2D eigenvalue weighted by Crippen LogP contribution is -2.07. The molecule has 0 amide bonds. The first kappa shape index (κ1) is 21.9. The molecule has 2 nitrogen and oxygen atoms in total. The van der Waals surface area contributed by atoms with E-state index < -0.39 is 11.7 Å². The Labute approximate surface area is 198 Å². The standard InChI is InChI=1S/C26H19Cl2F3N2/c27-18-6-9-24-21(11-18)16(13-32-24)3-8-20(15-1-4-17(5-2-15)26(29,30)31)23-14-33-25-10-7-19(28)12-22(23)25/h1-2,4-7,9-14,20,32-33H,3,8H2. The van der Waals surface area contributed by atoms with E-state index in [9.17, 15) is 13.2 Å². The third-order valence-corrected chi connectivity index (χ3v) is 6.59. The number of aromatic amines is 2. The van der Waals surface area contributed by atoms with Crippen molar-refractivity contribution in [1.29, 1.82) is 0 Å². The van der Waals surface area contributed by atoms with Gasteiger partial charge in [0.05, 0.1) is 5.56 Å². The fraction of sp³-hybridized carbons (Fsp3) is 0.154. The Kier molecular flexibility index (Phi) is 5.63. The van der Waals surface area contributed by atoms with E-state index in [-0.39, 0.29) is 5.92 Å². The van der Waals surface area contributed by atoms with Crippen LogP contribution in [0.3, 0.4) is 0 Å². The molecule has 0 aliphatic heterocycles. The molecule has 0 aliphatic carbocycles. The van der Waals surface area contributed by atoms with Gasteiger partial charge in [0, 0.05) is 50.2 Å². The summed E-state index contributed by atoms with van der Waals surface area (Å²) in [6, 6.07) is 16.8. The lowest BCUT2D eigenvalue weighted by Gasteiger charge is -2.18. The van der Waals surface area contributed by atoms with Crippen molar-refractivity contribution in [3.63, 3.8) is 0 Å². The average Bonchev–Trinajstić information content (AvgIpc) is 3.37. The van der Waals surface area contributed by atoms with E-state index in [1.165, 1.54) is 0 Å². The van der Waals surface area contributed by atoms with Crippen LogP contribution in [0.4, 0.5) is 13.2 Å². The van der Waals surface area contributed by atoms with E-state index in [1.54, 1.807) is 12.1 Å². The lowest BCUT2D eigenvalue weighted by atomic mass is 9.85. The number of rotatable bonds is 5. The number of hydrogen-bond donors (Lipinski definition) is 2. The Morgan fingerprint density at radius 1 is 0.758 bits per heavy atom. The highest BCUT2D eigenvalue weighted by atomic mass is 35.5. The molecule has 0 saturated carbocycles. The van der Waals surface area contributed by atoms with Crippen LogP contribution in [-0.4, -0.2) is 9.97 Å². The number of halogens is 5. The highest BCUT2D eigenvalue weighted by Gasteiger charge is 2.30.